The van der Waals surface area contributed by atoms with E-state index in [0.29, 0.717) is 0 Å². The molecule has 0 bridgehead atoms. The van der Waals surface area contributed by atoms with Gasteiger partial charge in [-0.2, -0.15) is 0 Å². The lowest BCUT2D eigenvalue weighted by Crippen LogP contribution is -2.40. The zero-order chi connectivity index (χ0) is 10.7. The molecule has 1 saturated carbocycles. The average Bonchev–Trinajstić information content (AvgIpc) is 2.53. The van der Waals surface area contributed by atoms with Crippen molar-refractivity contribution in [2.75, 3.05) is 0 Å². The number of cyclic esters (lactones) is 1. The van der Waals surface area contributed by atoms with Crippen LogP contribution in [-0.4, -0.2) is 17.9 Å². The number of ether oxygens (including phenoxy) is 2. The summed E-state index contributed by atoms with van der Waals surface area (Å²) in [5.41, 5.74) is -0.394. The van der Waals surface area contributed by atoms with E-state index in [2.05, 4.69) is 6.58 Å². The Morgan fingerprint density at radius 1 is 1.33 bits per heavy atom. The summed E-state index contributed by atoms with van der Waals surface area (Å²) in [6, 6.07) is 0. The highest BCUT2D eigenvalue weighted by atomic mass is 16.8. The third-order valence-corrected chi connectivity index (χ3v) is 3.15. The predicted molar refractivity (Wildman–Crippen MR) is 56.5 cm³/mol. The Morgan fingerprint density at radius 3 is 2.73 bits per heavy atom. The summed E-state index contributed by atoms with van der Waals surface area (Å²) in [4.78, 5) is 11.2. The summed E-state index contributed by atoms with van der Waals surface area (Å²) in [7, 11) is 0. The highest BCUT2D eigenvalue weighted by Gasteiger charge is 2.50. The van der Waals surface area contributed by atoms with Crippen molar-refractivity contribution < 1.29 is 14.3 Å². The lowest BCUT2D eigenvalue weighted by Gasteiger charge is -2.32. The van der Waals surface area contributed by atoms with Crippen molar-refractivity contribution in [3.63, 3.8) is 0 Å². The minimum Gasteiger partial charge on any atom is -0.423 e. The van der Waals surface area contributed by atoms with Gasteiger partial charge in [0.05, 0.1) is 0 Å². The first-order valence-electron chi connectivity index (χ1n) is 5.46. The van der Waals surface area contributed by atoms with E-state index in [9.17, 15) is 4.79 Å². The summed E-state index contributed by atoms with van der Waals surface area (Å²) in [5.74, 6) is 0. The first-order valence-corrected chi connectivity index (χ1v) is 5.46. The molecule has 2 fully saturated rings. The predicted octanol–water partition coefficient (Wildman–Crippen LogP) is 2.97. The minimum absolute atomic E-state index is 0.233. The Balaban J connectivity index is 2.15. The van der Waals surface area contributed by atoms with Crippen LogP contribution in [0.15, 0.2) is 24.8 Å². The summed E-state index contributed by atoms with van der Waals surface area (Å²) < 4.78 is 10.5. The van der Waals surface area contributed by atoms with Gasteiger partial charge in [-0.25, -0.2) is 4.79 Å². The molecule has 0 aromatic carbocycles. The summed E-state index contributed by atoms with van der Waals surface area (Å²) in [5, 5.41) is 0. The molecule has 82 valence electrons. The second kappa shape index (κ2) is 4.09. The van der Waals surface area contributed by atoms with Gasteiger partial charge in [0.1, 0.15) is 0 Å². The van der Waals surface area contributed by atoms with Crippen LogP contribution in [0, 0.1) is 0 Å². The molecular weight excluding hydrogens is 192 g/mol. The van der Waals surface area contributed by atoms with Gasteiger partial charge in [-0.15, -0.1) is 0 Å². The molecule has 1 saturated heterocycles. The van der Waals surface area contributed by atoms with Crippen molar-refractivity contribution in [2.24, 2.45) is 0 Å². The number of hydrogen-bond acceptors (Lipinski definition) is 3. The fourth-order valence-electron chi connectivity index (χ4n) is 2.39. The second-order valence-electron chi connectivity index (χ2n) is 4.14. The van der Waals surface area contributed by atoms with Crippen LogP contribution in [0.5, 0.6) is 0 Å². The molecule has 15 heavy (non-hydrogen) atoms. The first kappa shape index (κ1) is 10.3. The molecule has 3 nitrogen and oxygen atoms in total. The highest BCUT2D eigenvalue weighted by Crippen LogP contribution is 2.40. The van der Waals surface area contributed by atoms with Gasteiger partial charge in [0.15, 0.2) is 11.7 Å². The van der Waals surface area contributed by atoms with E-state index in [4.69, 9.17) is 9.47 Å². The van der Waals surface area contributed by atoms with Crippen molar-refractivity contribution in [1.29, 1.82) is 0 Å². The van der Waals surface area contributed by atoms with E-state index in [1.165, 1.54) is 6.42 Å². The largest absolute Gasteiger partial charge is 0.509 e. The van der Waals surface area contributed by atoms with Crippen LogP contribution in [0.25, 0.3) is 0 Å². The van der Waals surface area contributed by atoms with Gasteiger partial charge in [-0.1, -0.05) is 25.2 Å². The van der Waals surface area contributed by atoms with Gasteiger partial charge >= 0.3 is 6.16 Å². The molecule has 0 amide bonds. The molecule has 0 aromatic rings. The molecule has 0 radical (unpaired) electrons. The molecule has 1 unspecified atom stereocenters. The summed E-state index contributed by atoms with van der Waals surface area (Å²) in [6.07, 6.45) is 9.84. The monoisotopic (exact) mass is 208 g/mol. The Labute approximate surface area is 89.8 Å². The maximum Gasteiger partial charge on any atom is 0.509 e. The fourth-order valence-corrected chi connectivity index (χ4v) is 2.39. The number of hydrogen-bond donors (Lipinski definition) is 0. The average molecular weight is 208 g/mol. The number of rotatable bonds is 2. The summed E-state index contributed by atoms with van der Waals surface area (Å²) >= 11 is 0. The van der Waals surface area contributed by atoms with E-state index in [0.717, 1.165) is 25.7 Å². The van der Waals surface area contributed by atoms with E-state index < -0.39 is 11.8 Å². The Kier molecular flexibility index (Phi) is 2.80. The summed E-state index contributed by atoms with van der Waals surface area (Å²) in [6.45, 7) is 3.61. The third kappa shape index (κ3) is 1.91. The zero-order valence-corrected chi connectivity index (χ0v) is 8.78. The van der Waals surface area contributed by atoms with E-state index in [-0.39, 0.29) is 6.10 Å². The van der Waals surface area contributed by atoms with Crippen LogP contribution in [0.4, 0.5) is 4.79 Å². The number of allylic oxidation sites excluding steroid dienone is 2. The molecule has 2 rings (SSSR count). The zero-order valence-electron chi connectivity index (χ0n) is 8.78. The maximum atomic E-state index is 11.2. The molecule has 2 aliphatic rings. The van der Waals surface area contributed by atoms with Crippen LogP contribution in [0.3, 0.4) is 0 Å². The first-order chi connectivity index (χ1) is 7.27. The number of carbonyl (C=O) groups excluding carboxylic acids is 1. The standard InChI is InChI=1S/C12H16O3/c1-2-3-7-10-12(15-11(13)14-10)8-5-4-6-9-12/h2-3,7,10H,1,4-6,8-9H2/b7-3+. The van der Waals surface area contributed by atoms with Crippen LogP contribution in [0.2, 0.25) is 0 Å². The molecule has 1 spiro atoms. The fraction of sp³-hybridized carbons (Fsp3) is 0.583. The Hall–Kier alpha value is -1.25. The normalized spacial score (nSPS) is 29.1. The van der Waals surface area contributed by atoms with Crippen LogP contribution >= 0.6 is 0 Å². The third-order valence-electron chi connectivity index (χ3n) is 3.15. The quantitative estimate of drug-likeness (QED) is 0.517. The minimum atomic E-state index is -0.532. The van der Waals surface area contributed by atoms with E-state index in [1.54, 1.807) is 6.08 Å². The van der Waals surface area contributed by atoms with Crippen molar-refractivity contribution >= 4 is 6.16 Å². The van der Waals surface area contributed by atoms with Crippen LogP contribution in [0.1, 0.15) is 32.1 Å². The van der Waals surface area contributed by atoms with Crippen molar-refractivity contribution in [3.05, 3.63) is 24.8 Å². The molecule has 0 aromatic heterocycles. The molecule has 1 aliphatic heterocycles. The van der Waals surface area contributed by atoms with Gasteiger partial charge in [0.25, 0.3) is 0 Å². The lowest BCUT2D eigenvalue weighted by atomic mass is 9.80. The smallest absolute Gasteiger partial charge is 0.423 e. The topological polar surface area (TPSA) is 35.5 Å². The van der Waals surface area contributed by atoms with Gasteiger partial charge in [-0.05, 0) is 31.8 Å². The molecule has 3 heteroatoms. The van der Waals surface area contributed by atoms with E-state index in [1.807, 2.05) is 12.2 Å². The molecule has 0 N–H and O–H groups in total. The van der Waals surface area contributed by atoms with Gasteiger partial charge < -0.3 is 9.47 Å². The number of carbonyl (C=O) groups is 1. The Morgan fingerprint density at radius 2 is 2.07 bits per heavy atom. The van der Waals surface area contributed by atoms with Crippen molar-refractivity contribution in [3.8, 4) is 0 Å². The SMILES string of the molecule is C=C/C=C/C1OC(=O)OC12CCCCC2. The van der Waals surface area contributed by atoms with Crippen molar-refractivity contribution in [2.45, 2.75) is 43.8 Å². The van der Waals surface area contributed by atoms with Crippen LogP contribution in [-0.2, 0) is 9.47 Å². The molecule has 1 atom stereocenters. The molecule has 1 aliphatic carbocycles. The van der Waals surface area contributed by atoms with Gasteiger partial charge in [0.2, 0.25) is 0 Å². The van der Waals surface area contributed by atoms with Crippen LogP contribution < -0.4 is 0 Å². The van der Waals surface area contributed by atoms with Gasteiger partial charge in [-0.3, -0.25) is 0 Å². The lowest BCUT2D eigenvalue weighted by molar-refractivity contribution is 0.00943. The van der Waals surface area contributed by atoms with E-state index >= 15 is 0 Å². The molecular formula is C12H16O3. The maximum absolute atomic E-state index is 11.2. The molecule has 1 heterocycles. The second-order valence-corrected chi connectivity index (χ2v) is 4.14. The Bertz CT molecular complexity index is 287. The highest BCUT2D eigenvalue weighted by molar-refractivity contribution is 5.64. The van der Waals surface area contributed by atoms with Gasteiger partial charge in [0, 0.05) is 0 Å². The van der Waals surface area contributed by atoms with Crippen molar-refractivity contribution in [1.82, 2.24) is 0 Å².